The number of nitrogens with zero attached hydrogens (tertiary/aromatic N) is 1. The Morgan fingerprint density at radius 2 is 1.97 bits per heavy atom. The molecule has 37 heavy (non-hydrogen) atoms. The van der Waals surface area contributed by atoms with Gasteiger partial charge in [-0.2, -0.15) is 0 Å². The molecule has 0 bridgehead atoms. The highest BCUT2D eigenvalue weighted by Gasteiger charge is 2.44. The fourth-order valence-electron chi connectivity index (χ4n) is 4.43. The molecule has 8 heteroatoms. The van der Waals surface area contributed by atoms with E-state index in [2.05, 4.69) is 11.9 Å². The van der Waals surface area contributed by atoms with E-state index in [0.29, 0.717) is 29.0 Å². The Kier molecular flexibility index (Phi) is 7.77. The Labute approximate surface area is 215 Å². The predicted molar refractivity (Wildman–Crippen MR) is 134 cm³/mol. The Morgan fingerprint density at radius 3 is 2.65 bits per heavy atom. The number of hydrogen-bond donors (Lipinski definition) is 1. The standard InChI is InChI=1S/C29H30N2O6/c1-4-5-13-37-21-9-10-22(18(2)14-21)27(33)25-26(20-8-11-23(32)24(15-20)36-3)31(29(35)28(25)34)17-19-7-6-12-30-16-19/h6-12,14-16,26,32-33H,4-5,13,17H2,1-3H3/b27-25+. The smallest absolute Gasteiger partial charge is 0.295 e. The topological polar surface area (TPSA) is 113 Å². The van der Waals surface area contributed by atoms with Crippen LogP contribution in [0.3, 0.4) is 0 Å². The predicted octanol–water partition coefficient (Wildman–Crippen LogP) is 3.13. The molecule has 192 valence electrons. The Balaban J connectivity index is 1.82. The number of carbonyl (C=O) groups excluding carboxylic acids is 2. The lowest BCUT2D eigenvalue weighted by Crippen LogP contribution is -2.29. The molecule has 2 N–H and O–H groups in total. The summed E-state index contributed by atoms with van der Waals surface area (Å²) in [7, 11) is 1.41. The van der Waals surface area contributed by atoms with Gasteiger partial charge in [0.1, 0.15) is 5.75 Å². The lowest BCUT2D eigenvalue weighted by molar-refractivity contribution is -0.378. The maximum atomic E-state index is 13.8. The lowest BCUT2D eigenvalue weighted by Gasteiger charge is -2.28. The van der Waals surface area contributed by atoms with Crippen molar-refractivity contribution in [1.82, 2.24) is 4.90 Å². The summed E-state index contributed by atoms with van der Waals surface area (Å²) in [6, 6.07) is 12.3. The number of methoxy groups -OCH3 is 1. The molecule has 4 rings (SSSR count). The Morgan fingerprint density at radius 1 is 1.16 bits per heavy atom. The number of unbranched alkanes of at least 4 members (excludes halogenated alkanes) is 1. The molecule has 0 radical (unpaired) electrons. The van der Waals surface area contributed by atoms with Crippen molar-refractivity contribution >= 4 is 17.4 Å². The summed E-state index contributed by atoms with van der Waals surface area (Å²) in [6.45, 7) is 4.53. The third-order valence-corrected chi connectivity index (χ3v) is 6.38. The van der Waals surface area contributed by atoms with Crippen LogP contribution < -0.4 is 19.6 Å². The first-order valence-electron chi connectivity index (χ1n) is 12.2. The Hall–Kier alpha value is -4.33. The quantitative estimate of drug-likeness (QED) is 0.208. The normalized spacial score (nSPS) is 16.7. The molecule has 1 unspecified atom stereocenters. The highest BCUT2D eigenvalue weighted by atomic mass is 16.5. The minimum absolute atomic E-state index is 0.0894. The molecule has 1 fully saturated rings. The average Bonchev–Trinajstić information content (AvgIpc) is 3.14. The number of ketones is 1. The van der Waals surface area contributed by atoms with E-state index in [9.17, 15) is 19.8 Å². The molecule has 1 saturated heterocycles. The number of amides is 1. The van der Waals surface area contributed by atoms with Crippen LogP contribution in [-0.2, 0) is 16.1 Å². The molecule has 2 heterocycles. The van der Waals surface area contributed by atoms with Crippen molar-refractivity contribution in [2.24, 2.45) is 0 Å². The molecule has 1 amide bonds. The fraction of sp³-hybridized carbons (Fsp3) is 0.276. The van der Waals surface area contributed by atoms with Gasteiger partial charge in [-0.05, 0) is 60.4 Å². The maximum absolute atomic E-state index is 13.8. The van der Waals surface area contributed by atoms with E-state index in [-0.39, 0.29) is 23.6 Å². The zero-order valence-corrected chi connectivity index (χ0v) is 21.1. The number of aryl methyl sites for hydroxylation is 1. The van der Waals surface area contributed by atoms with E-state index >= 15 is 0 Å². The van der Waals surface area contributed by atoms with Gasteiger partial charge in [0.25, 0.3) is 5.91 Å². The molecular weight excluding hydrogens is 472 g/mol. The van der Waals surface area contributed by atoms with Gasteiger partial charge in [-0.3, -0.25) is 9.59 Å². The van der Waals surface area contributed by atoms with Crippen LogP contribution in [0.5, 0.6) is 17.2 Å². The van der Waals surface area contributed by atoms with Gasteiger partial charge in [0.15, 0.2) is 23.9 Å². The van der Waals surface area contributed by atoms with Crippen LogP contribution in [0.15, 0.2) is 66.5 Å². The minimum atomic E-state index is -0.956. The van der Waals surface area contributed by atoms with Crippen molar-refractivity contribution < 1.29 is 34.3 Å². The number of nitrogens with one attached hydrogen (secondary N) is 1. The van der Waals surface area contributed by atoms with Crippen molar-refractivity contribution in [1.29, 1.82) is 0 Å². The second-order valence-corrected chi connectivity index (χ2v) is 8.93. The fourth-order valence-corrected chi connectivity index (χ4v) is 4.43. The molecule has 1 atom stereocenters. The summed E-state index contributed by atoms with van der Waals surface area (Å²) in [5.41, 5.74) is 2.07. The number of carbonyl (C=O) groups is 2. The zero-order valence-electron chi connectivity index (χ0n) is 21.1. The Bertz CT molecular complexity index is 1340. The molecule has 0 saturated carbocycles. The first kappa shape index (κ1) is 25.8. The molecule has 8 nitrogen and oxygen atoms in total. The van der Waals surface area contributed by atoms with Crippen molar-refractivity contribution in [3.63, 3.8) is 0 Å². The molecule has 1 aromatic heterocycles. The number of aromatic nitrogens is 1. The van der Waals surface area contributed by atoms with Gasteiger partial charge in [0.2, 0.25) is 5.78 Å². The number of rotatable bonds is 9. The number of H-pyrrole nitrogens is 1. The van der Waals surface area contributed by atoms with Crippen LogP contribution in [0.2, 0.25) is 0 Å². The third-order valence-electron chi connectivity index (χ3n) is 6.38. The van der Waals surface area contributed by atoms with Crippen LogP contribution in [0.4, 0.5) is 0 Å². The van der Waals surface area contributed by atoms with Crippen molar-refractivity contribution in [3.8, 4) is 17.2 Å². The van der Waals surface area contributed by atoms with Crippen LogP contribution in [0.1, 0.15) is 48.1 Å². The molecule has 3 aromatic rings. The monoisotopic (exact) mass is 502 g/mol. The largest absolute Gasteiger partial charge is 0.872 e. The number of phenols is 1. The first-order valence-corrected chi connectivity index (χ1v) is 12.2. The summed E-state index contributed by atoms with van der Waals surface area (Å²) < 4.78 is 11.0. The summed E-state index contributed by atoms with van der Waals surface area (Å²) >= 11 is 0. The van der Waals surface area contributed by atoms with Gasteiger partial charge in [-0.1, -0.05) is 31.2 Å². The maximum Gasteiger partial charge on any atom is 0.295 e. The van der Waals surface area contributed by atoms with Gasteiger partial charge >= 0.3 is 0 Å². The van der Waals surface area contributed by atoms with Crippen LogP contribution in [-0.4, -0.2) is 35.4 Å². The van der Waals surface area contributed by atoms with Crippen molar-refractivity contribution in [3.05, 3.63) is 88.8 Å². The van der Waals surface area contributed by atoms with E-state index in [1.165, 1.54) is 18.1 Å². The molecular formula is C29H30N2O6. The van der Waals surface area contributed by atoms with E-state index < -0.39 is 23.5 Å². The minimum Gasteiger partial charge on any atom is -0.872 e. The zero-order chi connectivity index (χ0) is 26.5. The second kappa shape index (κ2) is 11.2. The van der Waals surface area contributed by atoms with Gasteiger partial charge in [-0.15, -0.1) is 0 Å². The summed E-state index contributed by atoms with van der Waals surface area (Å²) in [5.74, 6) is -1.40. The van der Waals surface area contributed by atoms with Gasteiger partial charge in [0.05, 0.1) is 26.3 Å². The molecule has 2 aromatic carbocycles. The number of aromatic hydroxyl groups is 1. The number of likely N-dealkylation sites (tertiary alicyclic amines) is 1. The number of aromatic amines is 1. The highest BCUT2D eigenvalue weighted by molar-refractivity contribution is 6.46. The van der Waals surface area contributed by atoms with Crippen LogP contribution >= 0.6 is 0 Å². The molecule has 1 aliphatic rings. The van der Waals surface area contributed by atoms with E-state index in [1.807, 2.05) is 6.07 Å². The second-order valence-electron chi connectivity index (χ2n) is 8.93. The average molecular weight is 503 g/mol. The number of Topliss-reactive ketones (excluding diaryl/α,β-unsaturated/α-hetero) is 1. The molecule has 1 aliphatic heterocycles. The van der Waals surface area contributed by atoms with E-state index in [0.717, 1.165) is 18.4 Å². The number of ether oxygens (including phenoxy) is 2. The highest BCUT2D eigenvalue weighted by Crippen LogP contribution is 2.42. The third kappa shape index (κ3) is 5.28. The number of hydrogen-bond acceptors (Lipinski definition) is 6. The molecule has 0 spiro atoms. The lowest BCUT2D eigenvalue weighted by atomic mass is 9.93. The van der Waals surface area contributed by atoms with E-state index in [1.54, 1.807) is 55.7 Å². The van der Waals surface area contributed by atoms with E-state index in [4.69, 9.17) is 9.47 Å². The molecule has 0 aliphatic carbocycles. The summed E-state index contributed by atoms with van der Waals surface area (Å²) in [5, 5.41) is 23.9. The summed E-state index contributed by atoms with van der Waals surface area (Å²) in [6.07, 6.45) is 5.39. The number of benzene rings is 2. The van der Waals surface area contributed by atoms with Gasteiger partial charge < -0.3 is 24.6 Å². The van der Waals surface area contributed by atoms with Crippen LogP contribution in [0.25, 0.3) is 5.76 Å². The first-order chi connectivity index (χ1) is 17.8. The number of pyridine rings is 1. The van der Waals surface area contributed by atoms with Crippen molar-refractivity contribution in [2.75, 3.05) is 13.7 Å². The summed E-state index contributed by atoms with van der Waals surface area (Å²) in [4.78, 5) is 30.9. The SMILES string of the molecule is CCCCOc1ccc(/C([O-])=C2\C(=O)C(=O)N(Cc3ccc[nH+]c3)C2c2ccc(O)c(OC)c2)c(C)c1. The van der Waals surface area contributed by atoms with Crippen molar-refractivity contribution in [2.45, 2.75) is 39.3 Å². The van der Waals surface area contributed by atoms with Gasteiger partial charge in [0, 0.05) is 17.2 Å². The van der Waals surface area contributed by atoms with Gasteiger partial charge in [-0.25, -0.2) is 4.98 Å². The van der Waals surface area contributed by atoms with Crippen LogP contribution in [0, 0.1) is 6.92 Å². The number of phenolic OH excluding ortho intramolecular Hbond substituents is 1.